The topological polar surface area (TPSA) is 30.0 Å². The van der Waals surface area contributed by atoms with E-state index in [4.69, 9.17) is 11.6 Å². The highest BCUT2D eigenvalue weighted by Crippen LogP contribution is 2.22. The Morgan fingerprint density at radius 2 is 2.11 bits per heavy atom. The summed E-state index contributed by atoms with van der Waals surface area (Å²) in [7, 11) is 0. The standard InChI is InChI=1S/C14H11BrClNO/c1-9-4-5-17-13(6-9)14(18)7-10-2-3-11(15)8-12(10)16/h2-6,8H,7H2,1H3. The highest BCUT2D eigenvalue weighted by molar-refractivity contribution is 9.10. The SMILES string of the molecule is Cc1ccnc(C(=O)Cc2ccc(Br)cc2Cl)c1. The molecule has 1 aromatic carbocycles. The van der Waals surface area contributed by atoms with Gasteiger partial charge in [0.25, 0.3) is 0 Å². The van der Waals surface area contributed by atoms with Crippen LogP contribution in [-0.4, -0.2) is 10.8 Å². The van der Waals surface area contributed by atoms with Gasteiger partial charge in [-0.05, 0) is 42.3 Å². The van der Waals surface area contributed by atoms with Gasteiger partial charge >= 0.3 is 0 Å². The van der Waals surface area contributed by atoms with E-state index in [9.17, 15) is 4.79 Å². The fourth-order valence-corrected chi connectivity index (χ4v) is 2.36. The summed E-state index contributed by atoms with van der Waals surface area (Å²) in [4.78, 5) is 16.2. The van der Waals surface area contributed by atoms with E-state index in [0.717, 1.165) is 15.6 Å². The second kappa shape index (κ2) is 5.63. The molecular formula is C14H11BrClNO. The Labute approximate surface area is 119 Å². The van der Waals surface area contributed by atoms with Gasteiger partial charge < -0.3 is 0 Å². The summed E-state index contributed by atoms with van der Waals surface area (Å²) in [5.41, 5.74) is 2.32. The van der Waals surface area contributed by atoms with E-state index in [0.29, 0.717) is 10.7 Å². The highest BCUT2D eigenvalue weighted by Gasteiger charge is 2.11. The van der Waals surface area contributed by atoms with Crippen LogP contribution in [0.15, 0.2) is 41.0 Å². The lowest BCUT2D eigenvalue weighted by Crippen LogP contribution is -2.06. The quantitative estimate of drug-likeness (QED) is 0.791. The zero-order valence-electron chi connectivity index (χ0n) is 9.78. The summed E-state index contributed by atoms with van der Waals surface area (Å²) in [5, 5.41) is 0.588. The molecule has 0 saturated heterocycles. The molecule has 0 unspecified atom stereocenters. The number of ketones is 1. The van der Waals surface area contributed by atoms with Crippen LogP contribution in [0, 0.1) is 6.92 Å². The van der Waals surface area contributed by atoms with Gasteiger partial charge in [0.05, 0.1) is 0 Å². The van der Waals surface area contributed by atoms with Crippen LogP contribution < -0.4 is 0 Å². The van der Waals surface area contributed by atoms with Crippen molar-refractivity contribution in [2.45, 2.75) is 13.3 Å². The maximum absolute atomic E-state index is 12.1. The van der Waals surface area contributed by atoms with Crippen molar-refractivity contribution in [1.29, 1.82) is 0 Å². The summed E-state index contributed by atoms with van der Waals surface area (Å²) >= 11 is 9.42. The number of nitrogens with zero attached hydrogens (tertiary/aromatic N) is 1. The van der Waals surface area contributed by atoms with Gasteiger partial charge in [0, 0.05) is 22.1 Å². The third-order valence-corrected chi connectivity index (χ3v) is 3.41. The van der Waals surface area contributed by atoms with Gasteiger partial charge in [-0.2, -0.15) is 0 Å². The lowest BCUT2D eigenvalue weighted by Gasteiger charge is -2.04. The predicted octanol–water partition coefficient (Wildman–Crippen LogP) is 4.23. The Kier molecular flexibility index (Phi) is 4.15. The van der Waals surface area contributed by atoms with Crippen LogP contribution in [0.2, 0.25) is 5.02 Å². The maximum Gasteiger partial charge on any atom is 0.185 e. The normalized spacial score (nSPS) is 10.4. The molecular weight excluding hydrogens is 314 g/mol. The molecule has 0 aliphatic carbocycles. The summed E-state index contributed by atoms with van der Waals surface area (Å²) in [6.07, 6.45) is 1.91. The van der Waals surface area contributed by atoms with Crippen LogP contribution in [0.5, 0.6) is 0 Å². The van der Waals surface area contributed by atoms with Crippen molar-refractivity contribution in [3.05, 3.63) is 62.8 Å². The lowest BCUT2D eigenvalue weighted by atomic mass is 10.1. The monoisotopic (exact) mass is 323 g/mol. The fourth-order valence-electron chi connectivity index (χ4n) is 1.62. The van der Waals surface area contributed by atoms with Gasteiger partial charge in [0.2, 0.25) is 0 Å². The van der Waals surface area contributed by atoms with Gasteiger partial charge in [0.1, 0.15) is 5.69 Å². The molecule has 0 aliphatic heterocycles. The predicted molar refractivity (Wildman–Crippen MR) is 76.2 cm³/mol. The number of halogens is 2. The Hall–Kier alpha value is -1.19. The number of hydrogen-bond acceptors (Lipinski definition) is 2. The molecule has 2 aromatic rings. The first kappa shape index (κ1) is 13.2. The Bertz CT molecular complexity index is 598. The minimum atomic E-state index is -0.0251. The van der Waals surface area contributed by atoms with Crippen molar-refractivity contribution in [2.75, 3.05) is 0 Å². The molecule has 1 aromatic heterocycles. The molecule has 1 heterocycles. The molecule has 0 atom stereocenters. The molecule has 92 valence electrons. The molecule has 0 saturated carbocycles. The molecule has 0 bridgehead atoms. The van der Waals surface area contributed by atoms with E-state index in [1.165, 1.54) is 0 Å². The molecule has 0 spiro atoms. The average molecular weight is 325 g/mol. The number of carbonyl (C=O) groups is 1. The van der Waals surface area contributed by atoms with Crippen LogP contribution in [0.3, 0.4) is 0 Å². The van der Waals surface area contributed by atoms with E-state index in [2.05, 4.69) is 20.9 Å². The first-order valence-electron chi connectivity index (χ1n) is 5.46. The molecule has 0 radical (unpaired) electrons. The van der Waals surface area contributed by atoms with E-state index in [1.807, 2.05) is 25.1 Å². The lowest BCUT2D eigenvalue weighted by molar-refractivity contribution is 0.0988. The number of pyridine rings is 1. The van der Waals surface area contributed by atoms with Crippen LogP contribution >= 0.6 is 27.5 Å². The number of carbonyl (C=O) groups excluding carboxylic acids is 1. The smallest absolute Gasteiger partial charge is 0.185 e. The van der Waals surface area contributed by atoms with Gasteiger partial charge in [-0.3, -0.25) is 9.78 Å². The zero-order chi connectivity index (χ0) is 13.1. The molecule has 0 fully saturated rings. The van der Waals surface area contributed by atoms with Crippen molar-refractivity contribution in [2.24, 2.45) is 0 Å². The molecule has 0 aliphatic rings. The largest absolute Gasteiger partial charge is 0.292 e. The van der Waals surface area contributed by atoms with E-state index in [-0.39, 0.29) is 12.2 Å². The average Bonchev–Trinajstić information content (AvgIpc) is 2.32. The molecule has 0 N–H and O–H groups in total. The first-order chi connectivity index (χ1) is 8.56. The van der Waals surface area contributed by atoms with Gasteiger partial charge in [-0.15, -0.1) is 0 Å². The van der Waals surface area contributed by atoms with Crippen LogP contribution in [0.25, 0.3) is 0 Å². The molecule has 0 amide bonds. The number of aryl methyl sites for hydroxylation is 1. The Morgan fingerprint density at radius 3 is 2.78 bits per heavy atom. The maximum atomic E-state index is 12.1. The summed E-state index contributed by atoms with van der Waals surface area (Å²) in [5.74, 6) is -0.0251. The van der Waals surface area contributed by atoms with Crippen molar-refractivity contribution in [1.82, 2.24) is 4.98 Å². The third-order valence-electron chi connectivity index (χ3n) is 2.57. The second-order valence-electron chi connectivity index (χ2n) is 4.05. The number of benzene rings is 1. The van der Waals surface area contributed by atoms with Gasteiger partial charge in [-0.25, -0.2) is 0 Å². The Morgan fingerprint density at radius 1 is 1.33 bits per heavy atom. The number of Topliss-reactive ketones (excluding diaryl/α,β-unsaturated/α-hetero) is 1. The van der Waals surface area contributed by atoms with Gasteiger partial charge in [0.15, 0.2) is 5.78 Å². The number of rotatable bonds is 3. The van der Waals surface area contributed by atoms with Crippen LogP contribution in [0.1, 0.15) is 21.6 Å². The molecule has 2 rings (SSSR count). The Balaban J connectivity index is 2.21. The zero-order valence-corrected chi connectivity index (χ0v) is 12.1. The fraction of sp³-hybridized carbons (Fsp3) is 0.143. The van der Waals surface area contributed by atoms with Crippen molar-refractivity contribution in [3.63, 3.8) is 0 Å². The third kappa shape index (κ3) is 3.18. The minimum Gasteiger partial charge on any atom is -0.292 e. The molecule has 2 nitrogen and oxygen atoms in total. The van der Waals surface area contributed by atoms with Gasteiger partial charge in [-0.1, -0.05) is 33.6 Å². The second-order valence-corrected chi connectivity index (χ2v) is 5.38. The summed E-state index contributed by atoms with van der Waals surface area (Å²) in [6.45, 7) is 1.94. The minimum absolute atomic E-state index is 0.0251. The van der Waals surface area contributed by atoms with E-state index in [1.54, 1.807) is 18.3 Å². The summed E-state index contributed by atoms with van der Waals surface area (Å²) < 4.78 is 0.900. The van der Waals surface area contributed by atoms with Crippen molar-refractivity contribution in [3.8, 4) is 0 Å². The molecule has 18 heavy (non-hydrogen) atoms. The van der Waals surface area contributed by atoms with E-state index < -0.39 is 0 Å². The molecule has 4 heteroatoms. The van der Waals surface area contributed by atoms with Crippen LogP contribution in [-0.2, 0) is 6.42 Å². The van der Waals surface area contributed by atoms with E-state index >= 15 is 0 Å². The summed E-state index contributed by atoms with van der Waals surface area (Å²) in [6, 6.07) is 9.16. The number of hydrogen-bond donors (Lipinski definition) is 0. The van der Waals surface area contributed by atoms with Crippen LogP contribution in [0.4, 0.5) is 0 Å². The van der Waals surface area contributed by atoms with Crippen molar-refractivity contribution < 1.29 is 4.79 Å². The highest BCUT2D eigenvalue weighted by atomic mass is 79.9. The number of aromatic nitrogens is 1. The first-order valence-corrected chi connectivity index (χ1v) is 6.63. The van der Waals surface area contributed by atoms with Crippen molar-refractivity contribution >= 4 is 33.3 Å².